The Bertz CT molecular complexity index is 1320. The predicted molar refractivity (Wildman–Crippen MR) is 109 cm³/mol. The van der Waals surface area contributed by atoms with Crippen molar-refractivity contribution in [3.63, 3.8) is 0 Å². The summed E-state index contributed by atoms with van der Waals surface area (Å²) < 4.78 is 44.6. The number of aromatic amines is 1. The van der Waals surface area contributed by atoms with Crippen molar-refractivity contribution in [2.24, 2.45) is 0 Å². The summed E-state index contributed by atoms with van der Waals surface area (Å²) in [4.78, 5) is 32.1. The van der Waals surface area contributed by atoms with E-state index in [-0.39, 0.29) is 17.2 Å². The van der Waals surface area contributed by atoms with Crippen LogP contribution in [0.15, 0.2) is 48.8 Å². The zero-order valence-electron chi connectivity index (χ0n) is 17.0. The lowest BCUT2D eigenvalue weighted by Crippen LogP contribution is -2.15. The van der Waals surface area contributed by atoms with Crippen molar-refractivity contribution in [3.8, 4) is 5.82 Å². The third-order valence-electron chi connectivity index (χ3n) is 5.03. The summed E-state index contributed by atoms with van der Waals surface area (Å²) in [6.07, 6.45) is -2.59. The van der Waals surface area contributed by atoms with Gasteiger partial charge in [-0.1, -0.05) is 18.2 Å². The average molecular weight is 442 g/mol. The number of carbonyl (C=O) groups is 2. The molecule has 4 aromatic rings. The molecule has 0 bridgehead atoms. The molecule has 7 nitrogen and oxygen atoms in total. The van der Waals surface area contributed by atoms with Crippen LogP contribution in [0.3, 0.4) is 0 Å². The summed E-state index contributed by atoms with van der Waals surface area (Å²) in [5.74, 6) is -1.02. The lowest BCUT2D eigenvalue weighted by atomic mass is 10.1. The molecule has 0 spiro atoms. The monoisotopic (exact) mass is 442 g/mol. The molecule has 32 heavy (non-hydrogen) atoms. The number of halogens is 3. The Morgan fingerprint density at radius 3 is 2.53 bits per heavy atom. The zero-order chi connectivity index (χ0) is 23.0. The highest BCUT2D eigenvalue weighted by Gasteiger charge is 2.31. The maximum atomic E-state index is 12.7. The van der Waals surface area contributed by atoms with Crippen LogP contribution >= 0.6 is 0 Å². The van der Waals surface area contributed by atoms with E-state index in [0.29, 0.717) is 23.1 Å². The van der Waals surface area contributed by atoms with Gasteiger partial charge < -0.3 is 9.72 Å². The molecule has 0 aliphatic heterocycles. The first-order valence-corrected chi connectivity index (χ1v) is 9.52. The van der Waals surface area contributed by atoms with Crippen LogP contribution in [0.25, 0.3) is 16.7 Å². The Morgan fingerprint density at radius 1 is 1.09 bits per heavy atom. The van der Waals surface area contributed by atoms with E-state index in [0.717, 1.165) is 23.0 Å². The molecule has 3 heterocycles. The molecule has 0 unspecified atom stereocenters. The number of Topliss-reactive ketones (excluding diaryl/α,β-unsaturated/α-hetero) is 1. The molecule has 0 fully saturated rings. The average Bonchev–Trinajstić information content (AvgIpc) is 3.30. The van der Waals surface area contributed by atoms with Crippen LogP contribution in [-0.2, 0) is 10.9 Å². The fourth-order valence-electron chi connectivity index (χ4n) is 3.44. The Labute approximate surface area is 179 Å². The van der Waals surface area contributed by atoms with Crippen LogP contribution in [0.1, 0.15) is 37.7 Å². The molecule has 3 aromatic heterocycles. The van der Waals surface area contributed by atoms with E-state index in [1.807, 2.05) is 18.2 Å². The van der Waals surface area contributed by atoms with Crippen molar-refractivity contribution in [2.75, 3.05) is 6.61 Å². The molecule has 0 aliphatic carbocycles. The number of carbonyl (C=O) groups excluding carboxylic acids is 2. The summed E-state index contributed by atoms with van der Waals surface area (Å²) in [7, 11) is 0. The Balaban J connectivity index is 1.49. The van der Waals surface area contributed by atoms with E-state index < -0.39 is 24.3 Å². The fourth-order valence-corrected chi connectivity index (χ4v) is 3.44. The normalized spacial score (nSPS) is 11.7. The number of alkyl halides is 3. The molecule has 0 radical (unpaired) electrons. The van der Waals surface area contributed by atoms with Crippen molar-refractivity contribution in [2.45, 2.75) is 20.0 Å². The number of benzene rings is 1. The lowest BCUT2D eigenvalue weighted by Gasteiger charge is -2.08. The molecule has 0 aliphatic rings. The number of aromatic nitrogens is 4. The second-order valence-corrected chi connectivity index (χ2v) is 7.13. The largest absolute Gasteiger partial charge is 0.454 e. The molecule has 0 amide bonds. The Kier molecular flexibility index (Phi) is 5.29. The number of para-hydroxylation sites is 1. The highest BCUT2D eigenvalue weighted by molar-refractivity contribution is 6.10. The first kappa shape index (κ1) is 21.3. The molecule has 0 atom stereocenters. The fraction of sp³-hybridized carbons (Fsp3) is 0.182. The molecule has 1 aromatic carbocycles. The van der Waals surface area contributed by atoms with E-state index in [4.69, 9.17) is 4.74 Å². The molecule has 0 saturated carbocycles. The third-order valence-corrected chi connectivity index (χ3v) is 5.03. The van der Waals surface area contributed by atoms with E-state index in [9.17, 15) is 22.8 Å². The first-order chi connectivity index (χ1) is 15.2. The van der Waals surface area contributed by atoms with E-state index in [1.54, 1.807) is 19.9 Å². The molecule has 1 N–H and O–H groups in total. The Hall–Kier alpha value is -3.95. The number of ether oxygens (including phenoxy) is 1. The van der Waals surface area contributed by atoms with Crippen LogP contribution < -0.4 is 0 Å². The van der Waals surface area contributed by atoms with Gasteiger partial charge in [0.2, 0.25) is 5.78 Å². The summed E-state index contributed by atoms with van der Waals surface area (Å²) >= 11 is 0. The van der Waals surface area contributed by atoms with Crippen molar-refractivity contribution in [3.05, 3.63) is 76.9 Å². The number of ketones is 1. The number of hydrogen-bond donors (Lipinski definition) is 1. The van der Waals surface area contributed by atoms with E-state index >= 15 is 0 Å². The lowest BCUT2D eigenvalue weighted by molar-refractivity contribution is -0.137. The smallest absolute Gasteiger partial charge is 0.417 e. The number of H-pyrrole nitrogens is 1. The first-order valence-electron chi connectivity index (χ1n) is 9.52. The van der Waals surface area contributed by atoms with Gasteiger partial charge in [-0.2, -0.15) is 18.3 Å². The van der Waals surface area contributed by atoms with Crippen molar-refractivity contribution in [1.29, 1.82) is 0 Å². The molecule has 0 saturated heterocycles. The van der Waals surface area contributed by atoms with Crippen molar-refractivity contribution >= 4 is 22.7 Å². The number of pyridine rings is 1. The number of rotatable bonds is 5. The Morgan fingerprint density at radius 2 is 1.84 bits per heavy atom. The van der Waals surface area contributed by atoms with Gasteiger partial charge in [-0.05, 0) is 32.0 Å². The quantitative estimate of drug-likeness (QED) is 0.365. The maximum Gasteiger partial charge on any atom is 0.417 e. The summed E-state index contributed by atoms with van der Waals surface area (Å²) in [5, 5.41) is 4.75. The number of nitrogens with one attached hydrogen (secondary N) is 1. The van der Waals surface area contributed by atoms with Crippen LogP contribution in [0.5, 0.6) is 0 Å². The van der Waals surface area contributed by atoms with Gasteiger partial charge in [-0.15, -0.1) is 0 Å². The number of nitrogens with zero attached hydrogens (tertiary/aromatic N) is 3. The summed E-state index contributed by atoms with van der Waals surface area (Å²) in [5.41, 5.74) is 1.44. The molecule has 10 heteroatoms. The van der Waals surface area contributed by atoms with Gasteiger partial charge in [-0.25, -0.2) is 14.5 Å². The van der Waals surface area contributed by atoms with E-state index in [1.165, 1.54) is 10.9 Å². The highest BCUT2D eigenvalue weighted by Crippen LogP contribution is 2.29. The molecular weight excluding hydrogens is 425 g/mol. The van der Waals surface area contributed by atoms with Gasteiger partial charge in [0.1, 0.15) is 5.56 Å². The topological polar surface area (TPSA) is 89.9 Å². The van der Waals surface area contributed by atoms with Crippen LogP contribution in [0, 0.1) is 13.8 Å². The number of fused-ring (bicyclic) bond motifs is 1. The predicted octanol–water partition coefficient (Wildman–Crippen LogP) is 4.42. The number of esters is 1. The molecule has 164 valence electrons. The standard InChI is InChI=1S/C22H17F3N4O3/c1-12-20(15-5-3-4-6-17(15)28-12)18(30)11-32-21(31)16-10-27-29(13(16)2)19-8-7-14(9-26-19)22(23,24)25/h3-10,28H,11H2,1-2H3. The van der Waals surface area contributed by atoms with Crippen LogP contribution in [0.4, 0.5) is 13.2 Å². The van der Waals surface area contributed by atoms with Gasteiger partial charge in [-0.3, -0.25) is 4.79 Å². The minimum absolute atomic E-state index is 0.0788. The summed E-state index contributed by atoms with van der Waals surface area (Å²) in [6.45, 7) is 2.85. The van der Waals surface area contributed by atoms with Gasteiger partial charge in [0.15, 0.2) is 12.4 Å². The van der Waals surface area contributed by atoms with Gasteiger partial charge in [0.25, 0.3) is 0 Å². The SMILES string of the molecule is Cc1[nH]c2ccccc2c1C(=O)COC(=O)c1cnn(-c2ccc(C(F)(F)F)cn2)c1C. The molecular formula is C22H17F3N4O3. The number of hydrogen-bond acceptors (Lipinski definition) is 5. The second-order valence-electron chi connectivity index (χ2n) is 7.13. The van der Waals surface area contributed by atoms with E-state index in [2.05, 4.69) is 15.1 Å². The van der Waals surface area contributed by atoms with Gasteiger partial charge in [0, 0.05) is 28.4 Å². The third kappa shape index (κ3) is 3.86. The van der Waals surface area contributed by atoms with Gasteiger partial charge >= 0.3 is 12.1 Å². The molecule has 4 rings (SSSR count). The van der Waals surface area contributed by atoms with Gasteiger partial charge in [0.05, 0.1) is 17.5 Å². The van der Waals surface area contributed by atoms with Crippen molar-refractivity contribution < 1.29 is 27.5 Å². The second kappa shape index (κ2) is 7.95. The van der Waals surface area contributed by atoms with Crippen LogP contribution in [0.2, 0.25) is 0 Å². The minimum atomic E-state index is -4.50. The minimum Gasteiger partial charge on any atom is -0.454 e. The maximum absolute atomic E-state index is 12.7. The van der Waals surface area contributed by atoms with Crippen LogP contribution in [-0.4, -0.2) is 38.1 Å². The zero-order valence-corrected chi connectivity index (χ0v) is 17.0. The number of aryl methyl sites for hydroxylation is 1. The highest BCUT2D eigenvalue weighted by atomic mass is 19.4. The van der Waals surface area contributed by atoms with Crippen molar-refractivity contribution in [1.82, 2.24) is 19.7 Å². The summed E-state index contributed by atoms with van der Waals surface area (Å²) in [6, 6.07) is 9.34.